The number of carbonyl (C=O) groups is 3. The molecule has 0 aromatic rings. The molecule has 1 atom stereocenters. The van der Waals surface area contributed by atoms with Gasteiger partial charge in [-0.15, -0.1) is 0 Å². The zero-order valence-electron chi connectivity index (χ0n) is 10.2. The first kappa shape index (κ1) is 15.3. The van der Waals surface area contributed by atoms with Crippen LogP contribution in [0.1, 0.15) is 20.3 Å². The molecule has 108 valence electrons. The number of carbonyl (C=O) groups excluding carboxylic acids is 2. The molecule has 0 aliphatic carbocycles. The van der Waals surface area contributed by atoms with E-state index in [2.05, 4.69) is 0 Å². The summed E-state index contributed by atoms with van der Waals surface area (Å²) >= 11 is 0. The molecule has 6 nitrogen and oxygen atoms in total. The molecular formula is C10H13F3N2O4. The van der Waals surface area contributed by atoms with Gasteiger partial charge in [0.25, 0.3) is 0 Å². The maximum Gasteiger partial charge on any atom is 0.471 e. The third-order valence-electron chi connectivity index (χ3n) is 2.78. The zero-order valence-corrected chi connectivity index (χ0v) is 10.2. The Morgan fingerprint density at radius 3 is 2.11 bits per heavy atom. The van der Waals surface area contributed by atoms with Crippen molar-refractivity contribution in [2.24, 2.45) is 0 Å². The van der Waals surface area contributed by atoms with Crippen LogP contribution in [0, 0.1) is 0 Å². The van der Waals surface area contributed by atoms with Crippen molar-refractivity contribution in [3.05, 3.63) is 0 Å². The van der Waals surface area contributed by atoms with Crippen LogP contribution in [0.15, 0.2) is 0 Å². The van der Waals surface area contributed by atoms with Gasteiger partial charge in [0.05, 0.1) is 0 Å². The van der Waals surface area contributed by atoms with Crippen LogP contribution in [0.3, 0.4) is 0 Å². The molecule has 0 bridgehead atoms. The van der Waals surface area contributed by atoms with Crippen LogP contribution in [0.5, 0.6) is 0 Å². The molecule has 0 radical (unpaired) electrons. The number of carboxylic acids is 1. The third-order valence-corrected chi connectivity index (χ3v) is 2.78. The van der Waals surface area contributed by atoms with Crippen molar-refractivity contribution >= 4 is 17.8 Å². The summed E-state index contributed by atoms with van der Waals surface area (Å²) in [6.07, 6.45) is -4.86. The smallest absolute Gasteiger partial charge is 0.471 e. The molecule has 1 fully saturated rings. The highest BCUT2D eigenvalue weighted by Gasteiger charge is 2.47. The van der Waals surface area contributed by atoms with Gasteiger partial charge in [-0.2, -0.15) is 13.2 Å². The first-order chi connectivity index (χ1) is 8.47. The van der Waals surface area contributed by atoms with Gasteiger partial charge in [-0.1, -0.05) is 0 Å². The molecule has 9 heteroatoms. The standard InChI is InChI=1S/C10H13F3N2O4/c1-9(2,14-7(18)10(11,12)13)8(19)15-4-3-5(15)6(16)17/h5H,3-4H2,1-2H3,(H,14,18)(H,16,17)/t5-/m0/s1. The predicted octanol–water partition coefficient (Wildman–Crippen LogP) is 0.129. The van der Waals surface area contributed by atoms with Crippen molar-refractivity contribution in [1.82, 2.24) is 10.2 Å². The van der Waals surface area contributed by atoms with E-state index < -0.39 is 35.5 Å². The summed E-state index contributed by atoms with van der Waals surface area (Å²) in [4.78, 5) is 34.4. The van der Waals surface area contributed by atoms with E-state index in [1.54, 1.807) is 5.32 Å². The van der Waals surface area contributed by atoms with E-state index in [4.69, 9.17) is 5.11 Å². The summed E-state index contributed by atoms with van der Waals surface area (Å²) < 4.78 is 36.3. The van der Waals surface area contributed by atoms with Gasteiger partial charge in [0.2, 0.25) is 5.91 Å². The van der Waals surface area contributed by atoms with Gasteiger partial charge in [0, 0.05) is 6.54 Å². The monoisotopic (exact) mass is 282 g/mol. The lowest BCUT2D eigenvalue weighted by Gasteiger charge is -2.42. The first-order valence-corrected chi connectivity index (χ1v) is 5.40. The summed E-state index contributed by atoms with van der Waals surface area (Å²) in [6, 6.07) is -1.05. The van der Waals surface area contributed by atoms with Gasteiger partial charge in [-0.25, -0.2) is 4.79 Å². The van der Waals surface area contributed by atoms with E-state index in [1.165, 1.54) is 0 Å². The lowest BCUT2D eigenvalue weighted by atomic mass is 9.96. The van der Waals surface area contributed by atoms with E-state index >= 15 is 0 Å². The number of hydrogen-bond acceptors (Lipinski definition) is 3. The van der Waals surface area contributed by atoms with Crippen molar-refractivity contribution in [3.63, 3.8) is 0 Å². The molecule has 2 amide bonds. The highest BCUT2D eigenvalue weighted by molar-refractivity contribution is 5.95. The van der Waals surface area contributed by atoms with Crippen molar-refractivity contribution in [2.45, 2.75) is 38.0 Å². The number of alkyl halides is 3. The van der Waals surface area contributed by atoms with E-state index in [1.807, 2.05) is 0 Å². The third kappa shape index (κ3) is 3.15. The lowest BCUT2D eigenvalue weighted by Crippen LogP contribution is -2.65. The molecule has 1 aliphatic heterocycles. The second-order valence-electron chi connectivity index (χ2n) is 4.72. The summed E-state index contributed by atoms with van der Waals surface area (Å²) in [5.41, 5.74) is -1.82. The Hall–Kier alpha value is -1.80. The van der Waals surface area contributed by atoms with Gasteiger partial charge in [-0.3, -0.25) is 9.59 Å². The van der Waals surface area contributed by atoms with E-state index in [0.717, 1.165) is 18.7 Å². The number of nitrogens with zero attached hydrogens (tertiary/aromatic N) is 1. The SMILES string of the molecule is CC(C)(NC(=O)C(F)(F)F)C(=O)N1CC[C@H]1C(=O)O. The van der Waals surface area contributed by atoms with Gasteiger partial charge in [0.1, 0.15) is 11.6 Å². The second-order valence-corrected chi connectivity index (χ2v) is 4.72. The van der Waals surface area contributed by atoms with Gasteiger partial charge in [-0.05, 0) is 20.3 Å². The molecule has 2 N–H and O–H groups in total. The summed E-state index contributed by atoms with van der Waals surface area (Å²) in [5.74, 6) is -4.32. The molecule has 0 unspecified atom stereocenters. The summed E-state index contributed by atoms with van der Waals surface area (Å²) in [7, 11) is 0. The van der Waals surface area contributed by atoms with Crippen molar-refractivity contribution in [2.75, 3.05) is 6.54 Å². The molecule has 1 aliphatic rings. The minimum absolute atomic E-state index is 0.140. The first-order valence-electron chi connectivity index (χ1n) is 5.40. The quantitative estimate of drug-likeness (QED) is 0.770. The number of rotatable bonds is 3. The maximum atomic E-state index is 12.1. The Kier molecular flexibility index (Phi) is 3.78. The van der Waals surface area contributed by atoms with Gasteiger partial charge in [0.15, 0.2) is 0 Å². The molecule has 0 aromatic heterocycles. The Morgan fingerprint density at radius 2 is 1.79 bits per heavy atom. The van der Waals surface area contributed by atoms with E-state index in [9.17, 15) is 27.6 Å². The fourth-order valence-corrected chi connectivity index (χ4v) is 1.65. The van der Waals surface area contributed by atoms with E-state index in [-0.39, 0.29) is 13.0 Å². The Morgan fingerprint density at radius 1 is 1.26 bits per heavy atom. The summed E-state index contributed by atoms with van der Waals surface area (Å²) in [5, 5.41) is 10.3. The number of nitrogens with one attached hydrogen (secondary N) is 1. The molecule has 0 aromatic carbocycles. The van der Waals surface area contributed by atoms with Crippen LogP contribution in [0.4, 0.5) is 13.2 Å². The van der Waals surface area contributed by atoms with Crippen molar-refractivity contribution in [1.29, 1.82) is 0 Å². The number of hydrogen-bond donors (Lipinski definition) is 2. The van der Waals surface area contributed by atoms with Crippen LogP contribution in [0.2, 0.25) is 0 Å². The topological polar surface area (TPSA) is 86.7 Å². The molecular weight excluding hydrogens is 269 g/mol. The van der Waals surface area contributed by atoms with Crippen LogP contribution in [0.25, 0.3) is 0 Å². The molecule has 1 rings (SSSR count). The Balaban J connectivity index is 2.75. The van der Waals surface area contributed by atoms with Crippen LogP contribution in [-0.4, -0.2) is 52.1 Å². The van der Waals surface area contributed by atoms with Crippen LogP contribution < -0.4 is 5.32 Å². The number of likely N-dealkylation sites (tertiary alicyclic amines) is 1. The highest BCUT2D eigenvalue weighted by atomic mass is 19.4. The molecule has 0 saturated carbocycles. The van der Waals surface area contributed by atoms with Crippen LogP contribution in [-0.2, 0) is 14.4 Å². The Bertz CT molecular complexity index is 419. The molecule has 0 spiro atoms. The number of carboxylic acid groups (broad SMARTS) is 1. The maximum absolute atomic E-state index is 12.1. The minimum Gasteiger partial charge on any atom is -0.480 e. The van der Waals surface area contributed by atoms with Gasteiger partial charge < -0.3 is 15.3 Å². The van der Waals surface area contributed by atoms with E-state index in [0.29, 0.717) is 0 Å². The molecule has 1 saturated heterocycles. The fourth-order valence-electron chi connectivity index (χ4n) is 1.65. The number of halogens is 3. The van der Waals surface area contributed by atoms with Crippen LogP contribution >= 0.6 is 0 Å². The Labute approximate surface area is 106 Å². The van der Waals surface area contributed by atoms with Crippen molar-refractivity contribution < 1.29 is 32.7 Å². The number of amides is 2. The van der Waals surface area contributed by atoms with Crippen molar-refractivity contribution in [3.8, 4) is 0 Å². The molecule has 19 heavy (non-hydrogen) atoms. The second kappa shape index (κ2) is 4.71. The van der Waals surface area contributed by atoms with Gasteiger partial charge >= 0.3 is 18.1 Å². The fraction of sp³-hybridized carbons (Fsp3) is 0.700. The average molecular weight is 282 g/mol. The largest absolute Gasteiger partial charge is 0.480 e. The normalized spacial score (nSPS) is 19.6. The summed E-state index contributed by atoms with van der Waals surface area (Å²) in [6.45, 7) is 2.33. The highest BCUT2D eigenvalue weighted by Crippen LogP contribution is 2.23. The lowest BCUT2D eigenvalue weighted by molar-refractivity contribution is -0.177. The zero-order chi connectivity index (χ0) is 15.0. The minimum atomic E-state index is -5.10. The number of aliphatic carboxylic acids is 1. The molecule has 1 heterocycles. The predicted molar refractivity (Wildman–Crippen MR) is 56.0 cm³/mol. The average Bonchev–Trinajstić information content (AvgIpc) is 2.12.